The summed E-state index contributed by atoms with van der Waals surface area (Å²) in [5.41, 5.74) is 3.35. The van der Waals surface area contributed by atoms with Gasteiger partial charge in [0.2, 0.25) is 0 Å². The van der Waals surface area contributed by atoms with Gasteiger partial charge in [0.1, 0.15) is 11.5 Å². The van der Waals surface area contributed by atoms with Crippen molar-refractivity contribution in [2.75, 3.05) is 53.5 Å². The van der Waals surface area contributed by atoms with Crippen molar-refractivity contribution in [3.8, 4) is 11.5 Å². The highest BCUT2D eigenvalue weighted by Crippen LogP contribution is 2.21. The Kier molecular flexibility index (Phi) is 18.8. The molecule has 0 amide bonds. The molecule has 0 unspecified atom stereocenters. The summed E-state index contributed by atoms with van der Waals surface area (Å²) in [4.78, 5) is 39.3. The number of ketones is 2. The molecule has 48 heavy (non-hydrogen) atoms. The zero-order chi connectivity index (χ0) is 34.4. The van der Waals surface area contributed by atoms with E-state index in [0.717, 1.165) is 102 Å². The highest BCUT2D eigenvalue weighted by atomic mass is 16.5. The third kappa shape index (κ3) is 14.0. The van der Waals surface area contributed by atoms with E-state index in [-0.39, 0.29) is 24.4 Å². The molecule has 1 fully saturated rings. The van der Waals surface area contributed by atoms with Gasteiger partial charge in [-0.2, -0.15) is 0 Å². The van der Waals surface area contributed by atoms with E-state index in [0.29, 0.717) is 24.5 Å². The Labute approximate surface area is 290 Å². The van der Waals surface area contributed by atoms with Crippen LogP contribution in [0.4, 0.5) is 0 Å². The van der Waals surface area contributed by atoms with Gasteiger partial charge in [-0.05, 0) is 64.0 Å². The van der Waals surface area contributed by atoms with Crippen molar-refractivity contribution in [2.45, 2.75) is 104 Å². The summed E-state index contributed by atoms with van der Waals surface area (Å²) in [5, 5.41) is 0. The molecule has 264 valence electrons. The molecule has 0 bridgehead atoms. The summed E-state index contributed by atoms with van der Waals surface area (Å²) in [5.74, 6) is 1.84. The topological polar surface area (TPSA) is 83.8 Å². The predicted octanol–water partition coefficient (Wildman–Crippen LogP) is 7.76. The van der Waals surface area contributed by atoms with Crippen molar-refractivity contribution >= 4 is 23.0 Å². The second kappa shape index (κ2) is 23.1. The molecule has 1 aliphatic carbocycles. The van der Waals surface area contributed by atoms with Crippen LogP contribution in [0.1, 0.15) is 102 Å². The molecule has 0 N–H and O–H groups in total. The van der Waals surface area contributed by atoms with E-state index in [1.807, 2.05) is 24.3 Å². The Morgan fingerprint density at radius 3 is 1.33 bits per heavy atom. The number of nitrogens with zero attached hydrogens (tertiary/aromatic N) is 4. The average Bonchev–Trinajstić information content (AvgIpc) is 3.11. The van der Waals surface area contributed by atoms with Gasteiger partial charge in [0.25, 0.3) is 0 Å². The van der Waals surface area contributed by atoms with E-state index < -0.39 is 0 Å². The molecule has 0 aromatic heterocycles. The number of Topliss-reactive ketones (excluding diaryl/α,β-unsaturated/α-hetero) is 2. The molecule has 1 saturated carbocycles. The first-order valence-corrected chi connectivity index (χ1v) is 18.3. The van der Waals surface area contributed by atoms with Gasteiger partial charge in [0.05, 0.1) is 38.5 Å². The minimum Gasteiger partial charge on any atom is -0.496 e. The summed E-state index contributed by atoms with van der Waals surface area (Å²) >= 11 is 0. The summed E-state index contributed by atoms with van der Waals surface area (Å²) in [6, 6.07) is 16.5. The number of unbranched alkanes of at least 4 members (excludes halogenated alkanes) is 8. The first-order valence-electron chi connectivity index (χ1n) is 18.3. The smallest absolute Gasteiger partial charge is 0.183 e. The van der Waals surface area contributed by atoms with E-state index in [9.17, 15) is 9.59 Å². The summed E-state index contributed by atoms with van der Waals surface area (Å²) < 4.78 is 11.0. The fourth-order valence-corrected chi connectivity index (χ4v) is 6.22. The van der Waals surface area contributed by atoms with Crippen LogP contribution in [0.25, 0.3) is 0 Å². The van der Waals surface area contributed by atoms with E-state index in [4.69, 9.17) is 9.47 Å². The maximum atomic E-state index is 12.7. The Hall–Kier alpha value is -3.36. The maximum Gasteiger partial charge on any atom is 0.183 e. The number of para-hydroxylation sites is 2. The third-order valence-corrected chi connectivity index (χ3v) is 9.24. The van der Waals surface area contributed by atoms with E-state index in [1.165, 1.54) is 24.0 Å². The fraction of sp³-hybridized carbons (Fsp3) is 0.600. The molecular weight excluding hydrogens is 600 g/mol. The number of carbonyl (C=O) groups is 2. The second-order valence-corrected chi connectivity index (χ2v) is 12.8. The minimum atomic E-state index is -0.0309. The van der Waals surface area contributed by atoms with Crippen LogP contribution in [0.15, 0.2) is 58.5 Å². The molecule has 0 aliphatic heterocycles. The third-order valence-electron chi connectivity index (χ3n) is 9.24. The lowest BCUT2D eigenvalue weighted by Gasteiger charge is -2.21. The lowest BCUT2D eigenvalue weighted by atomic mass is 9.93. The molecule has 0 atom stereocenters. The van der Waals surface area contributed by atoms with Crippen LogP contribution >= 0.6 is 0 Å². The number of hydrogen-bond acceptors (Lipinski definition) is 8. The molecule has 1 aliphatic rings. The van der Waals surface area contributed by atoms with Crippen molar-refractivity contribution in [3.05, 3.63) is 59.7 Å². The number of rotatable bonds is 24. The Morgan fingerprint density at radius 1 is 0.562 bits per heavy atom. The molecule has 8 nitrogen and oxygen atoms in total. The van der Waals surface area contributed by atoms with Crippen LogP contribution in [-0.2, 0) is 22.7 Å². The van der Waals surface area contributed by atoms with Gasteiger partial charge in [-0.1, -0.05) is 88.8 Å². The van der Waals surface area contributed by atoms with Crippen molar-refractivity contribution in [3.63, 3.8) is 0 Å². The van der Waals surface area contributed by atoms with Gasteiger partial charge >= 0.3 is 0 Å². The summed E-state index contributed by atoms with van der Waals surface area (Å²) in [6.45, 7) is 11.6. The van der Waals surface area contributed by atoms with Crippen LogP contribution in [0, 0.1) is 0 Å². The van der Waals surface area contributed by atoms with Crippen molar-refractivity contribution in [2.24, 2.45) is 9.98 Å². The van der Waals surface area contributed by atoms with E-state index >= 15 is 0 Å². The van der Waals surface area contributed by atoms with Gasteiger partial charge < -0.3 is 9.47 Å². The SMILES string of the molecule is CCN(CCCCCCCN=C1CC(=O)C(=NCCCCCCCN(CC)Cc2ccccc2OC)CC1=O)Cc1ccccc1OC. The molecule has 0 saturated heterocycles. The number of aliphatic imine (C=N–C) groups is 2. The zero-order valence-electron chi connectivity index (χ0n) is 30.2. The number of hydrogen-bond donors (Lipinski definition) is 0. The Morgan fingerprint density at radius 2 is 0.938 bits per heavy atom. The van der Waals surface area contributed by atoms with Crippen LogP contribution in [0.2, 0.25) is 0 Å². The van der Waals surface area contributed by atoms with Gasteiger partial charge in [-0.25, -0.2) is 0 Å². The minimum absolute atomic E-state index is 0.0309. The first-order chi connectivity index (χ1) is 23.5. The van der Waals surface area contributed by atoms with Crippen molar-refractivity contribution in [1.82, 2.24) is 9.80 Å². The summed E-state index contributed by atoms with van der Waals surface area (Å²) in [6.07, 6.45) is 11.3. The van der Waals surface area contributed by atoms with E-state index in [2.05, 4.69) is 57.9 Å². The molecule has 8 heteroatoms. The molecule has 3 rings (SSSR count). The van der Waals surface area contributed by atoms with Gasteiger partial charge in [-0.15, -0.1) is 0 Å². The van der Waals surface area contributed by atoms with Crippen LogP contribution in [0.5, 0.6) is 11.5 Å². The largest absolute Gasteiger partial charge is 0.496 e. The Balaban J connectivity index is 1.22. The first kappa shape index (κ1) is 39.1. The lowest BCUT2D eigenvalue weighted by Crippen LogP contribution is -2.33. The van der Waals surface area contributed by atoms with Crippen LogP contribution in [-0.4, -0.2) is 86.3 Å². The number of benzene rings is 2. The monoisotopic (exact) mass is 660 g/mol. The molecule has 2 aromatic rings. The number of methoxy groups -OCH3 is 2. The van der Waals surface area contributed by atoms with Crippen molar-refractivity contribution in [1.29, 1.82) is 0 Å². The molecule has 2 aromatic carbocycles. The zero-order valence-corrected chi connectivity index (χ0v) is 30.2. The number of ether oxygens (including phenoxy) is 2. The Bertz CT molecular complexity index is 1210. The molecule has 0 spiro atoms. The van der Waals surface area contributed by atoms with Crippen molar-refractivity contribution < 1.29 is 19.1 Å². The highest BCUT2D eigenvalue weighted by molar-refractivity contribution is 6.60. The number of carbonyl (C=O) groups excluding carboxylic acids is 2. The average molecular weight is 661 g/mol. The predicted molar refractivity (Wildman–Crippen MR) is 198 cm³/mol. The molecule has 0 radical (unpaired) electrons. The maximum absolute atomic E-state index is 12.7. The molecule has 0 heterocycles. The van der Waals surface area contributed by atoms with Crippen LogP contribution < -0.4 is 9.47 Å². The van der Waals surface area contributed by atoms with E-state index in [1.54, 1.807) is 14.2 Å². The fourth-order valence-electron chi connectivity index (χ4n) is 6.22. The van der Waals surface area contributed by atoms with Crippen LogP contribution in [0.3, 0.4) is 0 Å². The summed E-state index contributed by atoms with van der Waals surface area (Å²) in [7, 11) is 3.46. The lowest BCUT2D eigenvalue weighted by molar-refractivity contribution is -0.116. The van der Waals surface area contributed by atoms with Gasteiger partial charge in [-0.3, -0.25) is 29.4 Å². The van der Waals surface area contributed by atoms with Gasteiger partial charge in [0, 0.05) is 37.3 Å². The second-order valence-electron chi connectivity index (χ2n) is 12.8. The normalized spacial score (nSPS) is 15.3. The van der Waals surface area contributed by atoms with Gasteiger partial charge in [0.15, 0.2) is 11.6 Å². The highest BCUT2D eigenvalue weighted by Gasteiger charge is 2.28. The quantitative estimate of drug-likeness (QED) is 0.107. The standard InChI is InChI=1S/C40H60N4O4/c1-5-43(31-33-21-13-15-23-39(33)47-3)27-19-11-7-9-17-25-41-35-29-38(46)36(30-37(35)45)42-26-18-10-8-12-20-28-44(6-2)32-34-22-14-16-24-40(34)48-4/h13-16,21-24H,5-12,17-20,25-32H2,1-4H3. The molecular formula is C40H60N4O4.